The van der Waals surface area contributed by atoms with Crippen molar-refractivity contribution in [1.29, 1.82) is 0 Å². The van der Waals surface area contributed by atoms with E-state index < -0.39 is 17.6 Å². The number of aliphatic imine (C=N–C) groups is 1. The molecule has 0 spiro atoms. The molecule has 0 radical (unpaired) electrons. The fraction of sp³-hybridized carbons (Fsp3) is 0.250. The zero-order valence-electron chi connectivity index (χ0n) is 12.8. The van der Waals surface area contributed by atoms with Crippen molar-refractivity contribution in [3.8, 4) is 11.1 Å². The average Bonchev–Trinajstić information content (AvgIpc) is 2.45. The van der Waals surface area contributed by atoms with E-state index in [0.717, 1.165) is 12.1 Å². The average molecular weight is 325 g/mol. The van der Waals surface area contributed by atoms with Gasteiger partial charge < -0.3 is 4.90 Å². The van der Waals surface area contributed by atoms with E-state index in [-0.39, 0.29) is 5.56 Å². The van der Waals surface area contributed by atoms with Crippen LogP contribution in [0.3, 0.4) is 0 Å². The van der Waals surface area contributed by atoms with E-state index in [4.69, 9.17) is 0 Å². The Labute approximate surface area is 131 Å². The third-order valence-corrected chi connectivity index (χ3v) is 3.07. The fourth-order valence-corrected chi connectivity index (χ4v) is 1.95. The van der Waals surface area contributed by atoms with Gasteiger partial charge in [-0.2, -0.15) is 13.2 Å². The highest BCUT2D eigenvalue weighted by atomic mass is 19.4. The van der Waals surface area contributed by atoms with Crippen molar-refractivity contribution in [2.75, 3.05) is 14.1 Å². The van der Waals surface area contributed by atoms with Gasteiger partial charge in [-0.05, 0) is 36.2 Å². The highest BCUT2D eigenvalue weighted by Crippen LogP contribution is 2.34. The molecule has 1 heterocycles. The minimum atomic E-state index is -4.74. The number of aryl methyl sites for hydroxylation is 1. The molecule has 1 aromatic carbocycles. The van der Waals surface area contributed by atoms with Crippen LogP contribution in [0.5, 0.6) is 0 Å². The molecule has 2 aromatic rings. The van der Waals surface area contributed by atoms with Crippen LogP contribution in [-0.4, -0.2) is 30.3 Å². The lowest BCUT2D eigenvalue weighted by Crippen LogP contribution is -2.08. The summed E-state index contributed by atoms with van der Waals surface area (Å²) in [6, 6.07) is 4.56. The van der Waals surface area contributed by atoms with Gasteiger partial charge >= 0.3 is 6.18 Å². The van der Waals surface area contributed by atoms with E-state index in [1.807, 2.05) is 14.1 Å². The Balaban J connectivity index is 2.42. The predicted octanol–water partition coefficient (Wildman–Crippen LogP) is 4.44. The molecule has 122 valence electrons. The molecule has 0 amide bonds. The van der Waals surface area contributed by atoms with Crippen molar-refractivity contribution in [2.45, 2.75) is 13.1 Å². The van der Waals surface area contributed by atoms with Gasteiger partial charge in [-0.1, -0.05) is 6.07 Å². The lowest BCUT2D eigenvalue weighted by molar-refractivity contribution is -0.139. The third-order valence-electron chi connectivity index (χ3n) is 3.07. The number of hydrogen-bond acceptors (Lipinski definition) is 2. The molecule has 7 heteroatoms. The molecule has 0 atom stereocenters. The van der Waals surface area contributed by atoms with Crippen molar-refractivity contribution in [3.05, 3.63) is 47.4 Å². The third kappa shape index (κ3) is 4.06. The highest BCUT2D eigenvalue weighted by molar-refractivity contribution is 5.67. The second kappa shape index (κ2) is 6.36. The standard InChI is InChI=1S/C16H15F4N3/c1-10-6-12(8-21-15(10)22-9-23(2)3)11-4-5-14(17)13(7-11)16(18,19)20/h4-9H,1-3H3/b22-9+. The van der Waals surface area contributed by atoms with Crippen molar-refractivity contribution in [1.82, 2.24) is 9.88 Å². The van der Waals surface area contributed by atoms with Crippen LogP contribution in [0.25, 0.3) is 11.1 Å². The number of rotatable bonds is 3. The van der Waals surface area contributed by atoms with E-state index in [0.29, 0.717) is 16.9 Å². The number of hydrogen-bond donors (Lipinski definition) is 0. The van der Waals surface area contributed by atoms with Crippen LogP contribution >= 0.6 is 0 Å². The lowest BCUT2D eigenvalue weighted by Gasteiger charge is -2.11. The van der Waals surface area contributed by atoms with Gasteiger partial charge in [0.1, 0.15) is 5.82 Å². The van der Waals surface area contributed by atoms with Crippen molar-refractivity contribution in [3.63, 3.8) is 0 Å². The molecule has 0 aliphatic carbocycles. The van der Waals surface area contributed by atoms with E-state index in [1.54, 1.807) is 24.2 Å². The molecule has 0 N–H and O–H groups in total. The normalized spacial score (nSPS) is 12.0. The Morgan fingerprint density at radius 1 is 1.13 bits per heavy atom. The van der Waals surface area contributed by atoms with E-state index in [1.165, 1.54) is 12.3 Å². The van der Waals surface area contributed by atoms with Gasteiger partial charge in [-0.25, -0.2) is 14.4 Å². The van der Waals surface area contributed by atoms with Gasteiger partial charge in [0, 0.05) is 25.9 Å². The largest absolute Gasteiger partial charge is 0.419 e. The molecular weight excluding hydrogens is 310 g/mol. The molecule has 0 bridgehead atoms. The minimum absolute atomic E-state index is 0.248. The first-order valence-electron chi connectivity index (χ1n) is 6.73. The van der Waals surface area contributed by atoms with Gasteiger partial charge in [0.25, 0.3) is 0 Å². The molecule has 0 fully saturated rings. The Morgan fingerprint density at radius 3 is 2.39 bits per heavy atom. The Kier molecular flexibility index (Phi) is 4.68. The molecule has 1 aromatic heterocycles. The van der Waals surface area contributed by atoms with Crippen LogP contribution in [0.15, 0.2) is 35.5 Å². The monoisotopic (exact) mass is 325 g/mol. The molecular formula is C16H15F4N3. The summed E-state index contributed by atoms with van der Waals surface area (Å²) in [5, 5.41) is 0. The number of aromatic nitrogens is 1. The lowest BCUT2D eigenvalue weighted by atomic mass is 10.0. The molecule has 23 heavy (non-hydrogen) atoms. The van der Waals surface area contributed by atoms with Crippen molar-refractivity contribution < 1.29 is 17.6 Å². The maximum absolute atomic E-state index is 13.3. The first-order chi connectivity index (χ1) is 10.7. The summed E-state index contributed by atoms with van der Waals surface area (Å²) in [4.78, 5) is 10.0. The molecule has 0 aliphatic rings. The number of alkyl halides is 3. The van der Waals surface area contributed by atoms with E-state index in [2.05, 4.69) is 9.98 Å². The SMILES string of the molecule is Cc1cc(-c2ccc(F)c(C(F)(F)F)c2)cnc1/N=C/N(C)C. The summed E-state index contributed by atoms with van der Waals surface area (Å²) in [5.41, 5.74) is 0.134. The fourth-order valence-electron chi connectivity index (χ4n) is 1.95. The molecule has 2 rings (SSSR count). The Hall–Kier alpha value is -2.44. The summed E-state index contributed by atoms with van der Waals surface area (Å²) >= 11 is 0. The van der Waals surface area contributed by atoms with Crippen LogP contribution in [-0.2, 0) is 6.18 Å². The topological polar surface area (TPSA) is 28.5 Å². The zero-order chi connectivity index (χ0) is 17.2. The van der Waals surface area contributed by atoms with Gasteiger partial charge in [-0.15, -0.1) is 0 Å². The molecule has 0 saturated carbocycles. The van der Waals surface area contributed by atoms with Crippen LogP contribution in [0.2, 0.25) is 0 Å². The van der Waals surface area contributed by atoms with Crippen LogP contribution in [0.4, 0.5) is 23.4 Å². The summed E-state index contributed by atoms with van der Waals surface area (Å²) in [7, 11) is 3.62. The first-order valence-corrected chi connectivity index (χ1v) is 6.73. The van der Waals surface area contributed by atoms with Crippen molar-refractivity contribution in [2.24, 2.45) is 4.99 Å². The minimum Gasteiger partial charge on any atom is -0.369 e. The predicted molar refractivity (Wildman–Crippen MR) is 81.2 cm³/mol. The van der Waals surface area contributed by atoms with Gasteiger partial charge in [0.2, 0.25) is 0 Å². The second-order valence-electron chi connectivity index (χ2n) is 5.27. The summed E-state index contributed by atoms with van der Waals surface area (Å²) in [6.07, 6.45) is -1.74. The number of nitrogens with zero attached hydrogens (tertiary/aromatic N) is 3. The molecule has 3 nitrogen and oxygen atoms in total. The summed E-state index contributed by atoms with van der Waals surface area (Å²) < 4.78 is 51.7. The van der Waals surface area contributed by atoms with E-state index >= 15 is 0 Å². The van der Waals surface area contributed by atoms with Crippen molar-refractivity contribution >= 4 is 12.2 Å². The highest BCUT2D eigenvalue weighted by Gasteiger charge is 2.34. The van der Waals surface area contributed by atoms with Gasteiger partial charge in [-0.3, -0.25) is 0 Å². The summed E-state index contributed by atoms with van der Waals surface area (Å²) in [6.45, 7) is 1.76. The maximum atomic E-state index is 13.3. The van der Waals surface area contributed by atoms with Crippen LogP contribution in [0.1, 0.15) is 11.1 Å². The Morgan fingerprint density at radius 2 is 1.83 bits per heavy atom. The van der Waals surface area contributed by atoms with Gasteiger partial charge in [0.05, 0.1) is 11.9 Å². The Bertz CT molecular complexity index is 737. The second-order valence-corrected chi connectivity index (χ2v) is 5.27. The van der Waals surface area contributed by atoms with E-state index in [9.17, 15) is 17.6 Å². The zero-order valence-corrected chi connectivity index (χ0v) is 12.8. The van der Waals surface area contributed by atoms with Gasteiger partial charge in [0.15, 0.2) is 5.82 Å². The molecule has 0 aliphatic heterocycles. The maximum Gasteiger partial charge on any atom is 0.419 e. The smallest absolute Gasteiger partial charge is 0.369 e. The number of pyridine rings is 1. The van der Waals surface area contributed by atoms with Crippen LogP contribution in [0, 0.1) is 12.7 Å². The number of benzene rings is 1. The summed E-state index contributed by atoms with van der Waals surface area (Å²) in [5.74, 6) is -0.821. The molecule has 0 unspecified atom stereocenters. The molecule has 0 saturated heterocycles. The number of halogens is 4. The quantitative estimate of drug-likeness (QED) is 0.474. The first kappa shape index (κ1) is 16.9. The van der Waals surface area contributed by atoms with Crippen LogP contribution < -0.4 is 0 Å².